The second-order valence-corrected chi connectivity index (χ2v) is 3.23. The Morgan fingerprint density at radius 3 is 2.17 bits per heavy atom. The molecule has 1 aliphatic heterocycles. The summed E-state index contributed by atoms with van der Waals surface area (Å²) in [6.07, 6.45) is -4.70. The summed E-state index contributed by atoms with van der Waals surface area (Å²) in [4.78, 5) is 0. The lowest BCUT2D eigenvalue weighted by Gasteiger charge is -2.37. The molecule has 0 spiro atoms. The largest absolute Gasteiger partial charge is 0.394 e. The molecular formula is C6H12O5S. The van der Waals surface area contributed by atoms with Crippen molar-refractivity contribution in [3.63, 3.8) is 0 Å². The fourth-order valence-corrected chi connectivity index (χ4v) is 1.41. The molecule has 1 aliphatic rings. The Morgan fingerprint density at radius 1 is 1.08 bits per heavy atom. The minimum atomic E-state index is -1.32. The average Bonchev–Trinajstić information content (AvgIpc) is 2.08. The van der Waals surface area contributed by atoms with Crippen LogP contribution >= 0.6 is 12.6 Å². The van der Waals surface area contributed by atoms with Crippen LogP contribution in [0.25, 0.3) is 0 Å². The Balaban J connectivity index is 2.63. The smallest absolute Gasteiger partial charge is 0.129 e. The molecule has 0 saturated carbocycles. The van der Waals surface area contributed by atoms with Crippen LogP contribution in [0.15, 0.2) is 0 Å². The van der Waals surface area contributed by atoms with Gasteiger partial charge in [0.2, 0.25) is 0 Å². The molecule has 0 radical (unpaired) electrons. The van der Waals surface area contributed by atoms with E-state index in [1.807, 2.05) is 0 Å². The molecule has 1 heterocycles. The Bertz CT molecular complexity index is 150. The van der Waals surface area contributed by atoms with Crippen molar-refractivity contribution in [1.29, 1.82) is 0 Å². The molecule has 4 unspecified atom stereocenters. The molecule has 0 aromatic carbocycles. The van der Waals surface area contributed by atoms with Gasteiger partial charge >= 0.3 is 0 Å². The second-order valence-electron chi connectivity index (χ2n) is 2.72. The molecule has 1 saturated heterocycles. The molecule has 0 aromatic heterocycles. The minimum absolute atomic E-state index is 0.415. The van der Waals surface area contributed by atoms with Gasteiger partial charge in [0.1, 0.15) is 29.9 Å². The molecule has 0 bridgehead atoms. The lowest BCUT2D eigenvalue weighted by atomic mass is 10.0. The van der Waals surface area contributed by atoms with Crippen LogP contribution in [0, 0.1) is 0 Å². The van der Waals surface area contributed by atoms with E-state index in [1.165, 1.54) is 0 Å². The number of aliphatic hydroxyl groups is 4. The molecule has 0 amide bonds. The number of thiol groups is 1. The van der Waals surface area contributed by atoms with Gasteiger partial charge in [0.05, 0.1) is 6.61 Å². The summed E-state index contributed by atoms with van der Waals surface area (Å²) in [7, 11) is 0. The summed E-state index contributed by atoms with van der Waals surface area (Å²) < 4.78 is 4.88. The SMILES string of the molecule is OCC1OC(S)C(O)C(O)[C@H]1O. The van der Waals surface area contributed by atoms with Crippen molar-refractivity contribution >= 4 is 12.6 Å². The molecule has 0 aliphatic carbocycles. The monoisotopic (exact) mass is 196 g/mol. The van der Waals surface area contributed by atoms with Gasteiger partial charge in [0, 0.05) is 0 Å². The summed E-state index contributed by atoms with van der Waals surface area (Å²) in [5, 5.41) is 36.2. The van der Waals surface area contributed by atoms with Crippen LogP contribution in [0.4, 0.5) is 0 Å². The standard InChI is InChI=1S/C6H12O5S/c7-1-2-3(8)4(9)5(10)6(12)11-2/h2-10,12H,1H2/t2?,3-,4?,5?,6?/m0/s1. The van der Waals surface area contributed by atoms with Gasteiger partial charge in [-0.05, 0) is 0 Å². The topological polar surface area (TPSA) is 90.2 Å². The molecule has 12 heavy (non-hydrogen) atoms. The number of rotatable bonds is 1. The Labute approximate surface area is 75.0 Å². The van der Waals surface area contributed by atoms with Gasteiger partial charge in [0.15, 0.2) is 0 Å². The van der Waals surface area contributed by atoms with Crippen LogP contribution in [0.1, 0.15) is 0 Å². The third-order valence-corrected chi connectivity index (χ3v) is 2.29. The fraction of sp³-hybridized carbons (Fsp3) is 1.00. The fourth-order valence-electron chi connectivity index (χ4n) is 1.08. The summed E-state index contributed by atoms with van der Waals surface area (Å²) in [6.45, 7) is -0.415. The first-order chi connectivity index (χ1) is 5.57. The molecule has 5 atom stereocenters. The van der Waals surface area contributed by atoms with Crippen molar-refractivity contribution in [1.82, 2.24) is 0 Å². The van der Waals surface area contributed by atoms with E-state index in [4.69, 9.17) is 14.9 Å². The predicted molar refractivity (Wildman–Crippen MR) is 42.8 cm³/mol. The summed E-state index contributed by atoms with van der Waals surface area (Å²) in [5.41, 5.74) is -0.874. The third-order valence-electron chi connectivity index (χ3n) is 1.87. The highest BCUT2D eigenvalue weighted by Gasteiger charge is 2.41. The van der Waals surface area contributed by atoms with Crippen molar-refractivity contribution in [2.75, 3.05) is 6.61 Å². The van der Waals surface area contributed by atoms with Gasteiger partial charge in [-0.15, -0.1) is 12.6 Å². The number of ether oxygens (including phenoxy) is 1. The van der Waals surface area contributed by atoms with Crippen LogP contribution < -0.4 is 0 Å². The van der Waals surface area contributed by atoms with Crippen molar-refractivity contribution in [3.05, 3.63) is 0 Å². The maximum atomic E-state index is 9.20. The normalized spacial score (nSPS) is 49.2. The van der Waals surface area contributed by atoms with Gasteiger partial charge in [-0.1, -0.05) is 0 Å². The van der Waals surface area contributed by atoms with E-state index in [0.717, 1.165) is 0 Å². The maximum absolute atomic E-state index is 9.20. The quantitative estimate of drug-likeness (QED) is 0.305. The maximum Gasteiger partial charge on any atom is 0.129 e. The first-order valence-electron chi connectivity index (χ1n) is 3.56. The molecule has 4 N–H and O–H groups in total. The van der Waals surface area contributed by atoms with E-state index in [1.54, 1.807) is 0 Å². The summed E-state index contributed by atoms with van der Waals surface area (Å²) >= 11 is 3.81. The van der Waals surface area contributed by atoms with Crippen molar-refractivity contribution in [2.24, 2.45) is 0 Å². The van der Waals surface area contributed by atoms with Gasteiger partial charge < -0.3 is 25.2 Å². The zero-order chi connectivity index (χ0) is 9.30. The van der Waals surface area contributed by atoms with Gasteiger partial charge in [-0.25, -0.2) is 0 Å². The van der Waals surface area contributed by atoms with E-state index in [9.17, 15) is 10.2 Å². The third kappa shape index (κ3) is 1.73. The average molecular weight is 196 g/mol. The highest BCUT2D eigenvalue weighted by atomic mass is 32.1. The number of hydrogen-bond acceptors (Lipinski definition) is 6. The Hall–Kier alpha value is 0.150. The summed E-state index contributed by atoms with van der Waals surface area (Å²) in [5.74, 6) is 0. The molecular weight excluding hydrogens is 184 g/mol. The van der Waals surface area contributed by atoms with Gasteiger partial charge in [-0.2, -0.15) is 0 Å². The zero-order valence-corrected chi connectivity index (χ0v) is 7.13. The van der Waals surface area contributed by atoms with E-state index in [2.05, 4.69) is 12.6 Å². The van der Waals surface area contributed by atoms with E-state index in [-0.39, 0.29) is 0 Å². The lowest BCUT2D eigenvalue weighted by molar-refractivity contribution is -0.205. The summed E-state index contributed by atoms with van der Waals surface area (Å²) in [6, 6.07) is 0. The molecule has 72 valence electrons. The Morgan fingerprint density at radius 2 is 1.67 bits per heavy atom. The van der Waals surface area contributed by atoms with E-state index < -0.39 is 36.5 Å². The number of hydrogen-bond donors (Lipinski definition) is 5. The van der Waals surface area contributed by atoms with Crippen LogP contribution in [0.5, 0.6) is 0 Å². The van der Waals surface area contributed by atoms with Gasteiger partial charge in [-0.3, -0.25) is 0 Å². The first kappa shape index (κ1) is 10.2. The zero-order valence-electron chi connectivity index (χ0n) is 6.24. The predicted octanol–water partition coefficient (Wildman–Crippen LogP) is -2.28. The van der Waals surface area contributed by atoms with Crippen LogP contribution in [-0.2, 0) is 4.74 Å². The lowest BCUT2D eigenvalue weighted by Crippen LogP contribution is -2.56. The molecule has 1 rings (SSSR count). The Kier molecular flexibility index (Phi) is 3.33. The van der Waals surface area contributed by atoms with Crippen molar-refractivity contribution in [2.45, 2.75) is 29.9 Å². The first-order valence-corrected chi connectivity index (χ1v) is 4.08. The van der Waals surface area contributed by atoms with E-state index in [0.29, 0.717) is 0 Å². The molecule has 6 heteroatoms. The minimum Gasteiger partial charge on any atom is -0.394 e. The highest BCUT2D eigenvalue weighted by Crippen LogP contribution is 2.22. The van der Waals surface area contributed by atoms with Crippen LogP contribution in [0.2, 0.25) is 0 Å². The van der Waals surface area contributed by atoms with Crippen LogP contribution in [0.3, 0.4) is 0 Å². The van der Waals surface area contributed by atoms with Crippen molar-refractivity contribution in [3.8, 4) is 0 Å². The molecule has 1 fully saturated rings. The van der Waals surface area contributed by atoms with Crippen molar-refractivity contribution < 1.29 is 25.2 Å². The second kappa shape index (κ2) is 3.91. The highest BCUT2D eigenvalue weighted by molar-refractivity contribution is 7.80. The molecule has 5 nitrogen and oxygen atoms in total. The van der Waals surface area contributed by atoms with E-state index >= 15 is 0 Å². The number of aliphatic hydroxyl groups excluding tert-OH is 4. The van der Waals surface area contributed by atoms with Gasteiger partial charge in [0.25, 0.3) is 0 Å². The van der Waals surface area contributed by atoms with Crippen LogP contribution in [-0.4, -0.2) is 56.9 Å². The molecule has 0 aromatic rings.